The van der Waals surface area contributed by atoms with Gasteiger partial charge in [0.2, 0.25) is 5.91 Å². The number of anilines is 1. The molecule has 2 N–H and O–H groups in total. The number of rotatable bonds is 5. The fourth-order valence-corrected chi connectivity index (χ4v) is 2.61. The van der Waals surface area contributed by atoms with Gasteiger partial charge < -0.3 is 10.4 Å². The van der Waals surface area contributed by atoms with Crippen molar-refractivity contribution < 1.29 is 9.90 Å². The van der Waals surface area contributed by atoms with Gasteiger partial charge in [0.1, 0.15) is 0 Å². The van der Waals surface area contributed by atoms with Gasteiger partial charge in [0, 0.05) is 10.6 Å². The molecule has 21 heavy (non-hydrogen) atoms. The van der Waals surface area contributed by atoms with Crippen LogP contribution in [0.1, 0.15) is 24.2 Å². The zero-order chi connectivity index (χ0) is 15.2. The summed E-state index contributed by atoms with van der Waals surface area (Å²) in [5.41, 5.74) is 2.83. The first-order valence-electron chi connectivity index (χ1n) is 6.82. The number of hydrogen-bond donors (Lipinski definition) is 2. The first-order valence-corrected chi connectivity index (χ1v) is 7.80. The zero-order valence-corrected chi connectivity index (χ0v) is 13.0. The van der Waals surface area contributed by atoms with Gasteiger partial charge in [0.15, 0.2) is 0 Å². The van der Waals surface area contributed by atoms with Gasteiger partial charge in [-0.15, -0.1) is 11.8 Å². The summed E-state index contributed by atoms with van der Waals surface area (Å²) in [6, 6.07) is 15.3. The minimum atomic E-state index is -0.494. The maximum atomic E-state index is 11.9. The van der Waals surface area contributed by atoms with Gasteiger partial charge in [0.05, 0.1) is 11.9 Å². The lowest BCUT2D eigenvalue weighted by Crippen LogP contribution is -2.13. The van der Waals surface area contributed by atoms with Crippen LogP contribution in [0.2, 0.25) is 0 Å². The SMILES string of the molecule is Cc1ccc(NC(=O)CSc2cccc(C(C)O)c2)cc1. The summed E-state index contributed by atoms with van der Waals surface area (Å²) in [5, 5.41) is 12.4. The fraction of sp³-hybridized carbons (Fsp3) is 0.235. The number of carbonyl (C=O) groups is 1. The van der Waals surface area contributed by atoms with E-state index in [1.807, 2.05) is 55.5 Å². The summed E-state index contributed by atoms with van der Waals surface area (Å²) in [4.78, 5) is 12.9. The molecular weight excluding hydrogens is 282 g/mol. The van der Waals surface area contributed by atoms with E-state index in [9.17, 15) is 9.90 Å². The molecule has 0 aliphatic carbocycles. The average Bonchev–Trinajstić information content (AvgIpc) is 2.48. The molecule has 1 unspecified atom stereocenters. The molecule has 0 saturated heterocycles. The highest BCUT2D eigenvalue weighted by Gasteiger charge is 2.06. The molecule has 0 radical (unpaired) electrons. The van der Waals surface area contributed by atoms with Crippen LogP contribution in [0.4, 0.5) is 5.69 Å². The average molecular weight is 301 g/mol. The van der Waals surface area contributed by atoms with Crippen molar-refractivity contribution in [2.45, 2.75) is 24.8 Å². The summed E-state index contributed by atoms with van der Waals surface area (Å²) in [5.74, 6) is 0.309. The Hall–Kier alpha value is -1.78. The molecule has 0 spiro atoms. The molecule has 0 aliphatic rings. The Balaban J connectivity index is 1.89. The minimum absolute atomic E-state index is 0.0358. The lowest BCUT2D eigenvalue weighted by atomic mass is 10.1. The molecule has 2 aromatic rings. The van der Waals surface area contributed by atoms with E-state index >= 15 is 0 Å². The molecule has 1 atom stereocenters. The van der Waals surface area contributed by atoms with Crippen molar-refractivity contribution in [1.82, 2.24) is 0 Å². The van der Waals surface area contributed by atoms with Crippen molar-refractivity contribution in [2.75, 3.05) is 11.1 Å². The Morgan fingerprint density at radius 3 is 2.62 bits per heavy atom. The predicted octanol–water partition coefficient (Wildman–Crippen LogP) is 3.78. The fourth-order valence-electron chi connectivity index (χ4n) is 1.85. The summed E-state index contributed by atoms with van der Waals surface area (Å²) in [6.07, 6.45) is -0.494. The van der Waals surface area contributed by atoms with E-state index in [0.29, 0.717) is 5.75 Å². The van der Waals surface area contributed by atoms with Gasteiger partial charge in [-0.25, -0.2) is 0 Å². The Morgan fingerprint density at radius 1 is 1.24 bits per heavy atom. The van der Waals surface area contributed by atoms with Crippen LogP contribution in [0.25, 0.3) is 0 Å². The van der Waals surface area contributed by atoms with Crippen molar-refractivity contribution >= 4 is 23.4 Å². The second-order valence-corrected chi connectivity index (χ2v) is 6.00. The lowest BCUT2D eigenvalue weighted by molar-refractivity contribution is -0.113. The van der Waals surface area contributed by atoms with E-state index in [-0.39, 0.29) is 5.91 Å². The van der Waals surface area contributed by atoms with Crippen molar-refractivity contribution in [3.63, 3.8) is 0 Å². The number of hydrogen-bond acceptors (Lipinski definition) is 3. The molecular formula is C17H19NO2S. The van der Waals surface area contributed by atoms with Crippen molar-refractivity contribution in [1.29, 1.82) is 0 Å². The van der Waals surface area contributed by atoms with Crippen LogP contribution in [-0.4, -0.2) is 16.8 Å². The van der Waals surface area contributed by atoms with Crippen LogP contribution in [-0.2, 0) is 4.79 Å². The molecule has 110 valence electrons. The van der Waals surface area contributed by atoms with Crippen molar-refractivity contribution in [3.05, 3.63) is 59.7 Å². The van der Waals surface area contributed by atoms with Crippen LogP contribution in [0.5, 0.6) is 0 Å². The van der Waals surface area contributed by atoms with Gasteiger partial charge in [-0.3, -0.25) is 4.79 Å². The number of thioether (sulfide) groups is 1. The predicted molar refractivity (Wildman–Crippen MR) is 87.6 cm³/mol. The summed E-state index contributed by atoms with van der Waals surface area (Å²) >= 11 is 1.46. The number of nitrogens with one attached hydrogen (secondary N) is 1. The van der Waals surface area contributed by atoms with Crippen LogP contribution < -0.4 is 5.32 Å². The Bertz CT molecular complexity index is 608. The highest BCUT2D eigenvalue weighted by atomic mass is 32.2. The highest BCUT2D eigenvalue weighted by molar-refractivity contribution is 8.00. The minimum Gasteiger partial charge on any atom is -0.389 e. The van der Waals surface area contributed by atoms with E-state index in [4.69, 9.17) is 0 Å². The molecule has 0 heterocycles. The molecule has 4 heteroatoms. The van der Waals surface area contributed by atoms with Crippen molar-refractivity contribution in [3.8, 4) is 0 Å². The summed E-state index contributed by atoms with van der Waals surface area (Å²) in [7, 11) is 0. The lowest BCUT2D eigenvalue weighted by Gasteiger charge is -2.08. The third-order valence-electron chi connectivity index (χ3n) is 3.05. The summed E-state index contributed by atoms with van der Waals surface area (Å²) < 4.78 is 0. The second kappa shape index (κ2) is 7.29. The molecule has 1 amide bonds. The number of aliphatic hydroxyl groups is 1. The number of amides is 1. The standard InChI is InChI=1S/C17H19NO2S/c1-12-6-8-15(9-7-12)18-17(20)11-21-16-5-3-4-14(10-16)13(2)19/h3-10,13,19H,11H2,1-2H3,(H,18,20). The van der Waals surface area contributed by atoms with E-state index in [0.717, 1.165) is 21.7 Å². The van der Waals surface area contributed by atoms with Crippen molar-refractivity contribution in [2.24, 2.45) is 0 Å². The number of aryl methyl sites for hydroxylation is 1. The molecule has 0 saturated carbocycles. The highest BCUT2D eigenvalue weighted by Crippen LogP contribution is 2.22. The number of benzene rings is 2. The second-order valence-electron chi connectivity index (χ2n) is 4.95. The van der Waals surface area contributed by atoms with E-state index in [1.54, 1.807) is 6.92 Å². The Kier molecular flexibility index (Phi) is 5.42. The molecule has 0 fully saturated rings. The van der Waals surface area contributed by atoms with Gasteiger partial charge in [-0.05, 0) is 43.7 Å². The smallest absolute Gasteiger partial charge is 0.234 e. The first-order chi connectivity index (χ1) is 10.0. The van der Waals surface area contributed by atoms with Gasteiger partial charge in [-0.1, -0.05) is 29.8 Å². The topological polar surface area (TPSA) is 49.3 Å². The third-order valence-corrected chi connectivity index (χ3v) is 4.04. The molecule has 0 aromatic heterocycles. The quantitative estimate of drug-likeness (QED) is 0.826. The summed E-state index contributed by atoms with van der Waals surface area (Å²) in [6.45, 7) is 3.74. The Labute approximate surface area is 129 Å². The van der Waals surface area contributed by atoms with E-state index < -0.39 is 6.10 Å². The Morgan fingerprint density at radius 2 is 1.95 bits per heavy atom. The molecule has 0 aliphatic heterocycles. The molecule has 0 bridgehead atoms. The largest absolute Gasteiger partial charge is 0.389 e. The van der Waals surface area contributed by atoms with Crippen LogP contribution >= 0.6 is 11.8 Å². The van der Waals surface area contributed by atoms with Crippen LogP contribution in [0, 0.1) is 6.92 Å². The van der Waals surface area contributed by atoms with Crippen LogP contribution in [0.15, 0.2) is 53.4 Å². The van der Waals surface area contributed by atoms with Gasteiger partial charge >= 0.3 is 0 Å². The molecule has 2 rings (SSSR count). The van der Waals surface area contributed by atoms with E-state index in [2.05, 4.69) is 5.32 Å². The van der Waals surface area contributed by atoms with E-state index in [1.165, 1.54) is 11.8 Å². The van der Waals surface area contributed by atoms with Gasteiger partial charge in [-0.2, -0.15) is 0 Å². The monoisotopic (exact) mass is 301 g/mol. The number of aliphatic hydroxyl groups excluding tert-OH is 1. The normalized spacial score (nSPS) is 12.0. The van der Waals surface area contributed by atoms with Gasteiger partial charge in [0.25, 0.3) is 0 Å². The maximum absolute atomic E-state index is 11.9. The van der Waals surface area contributed by atoms with Crippen LogP contribution in [0.3, 0.4) is 0 Å². The molecule has 3 nitrogen and oxygen atoms in total. The third kappa shape index (κ3) is 4.92. The maximum Gasteiger partial charge on any atom is 0.234 e. The zero-order valence-electron chi connectivity index (χ0n) is 12.2. The first kappa shape index (κ1) is 15.6. The number of carbonyl (C=O) groups excluding carboxylic acids is 1. The molecule has 2 aromatic carbocycles.